The fourth-order valence-electron chi connectivity index (χ4n) is 1.16. The first-order chi connectivity index (χ1) is 6.19. The maximum Gasteiger partial charge on any atom is 0.0249 e. The quantitative estimate of drug-likeness (QED) is 0.613. The van der Waals surface area contributed by atoms with E-state index in [9.17, 15) is 0 Å². The Morgan fingerprint density at radius 3 is 2.38 bits per heavy atom. The Balaban J connectivity index is 3.08. The highest BCUT2D eigenvalue weighted by atomic mass is 32.2. The zero-order valence-corrected chi connectivity index (χ0v) is 10.6. The summed E-state index contributed by atoms with van der Waals surface area (Å²) in [4.78, 5) is 2.66. The van der Waals surface area contributed by atoms with Crippen molar-refractivity contribution in [3.8, 4) is 0 Å². The van der Waals surface area contributed by atoms with Gasteiger partial charge in [-0.15, -0.1) is 23.5 Å². The van der Waals surface area contributed by atoms with Gasteiger partial charge >= 0.3 is 0 Å². The Morgan fingerprint density at radius 1 is 1.23 bits per heavy atom. The molecule has 1 aromatic carbocycles. The van der Waals surface area contributed by atoms with E-state index in [4.69, 9.17) is 0 Å². The number of hydrogen-bond donors (Lipinski definition) is 1. The lowest BCUT2D eigenvalue weighted by Gasteiger charge is -2.11. The Morgan fingerprint density at radius 2 is 1.92 bits per heavy atom. The van der Waals surface area contributed by atoms with Crippen molar-refractivity contribution < 1.29 is 0 Å². The highest BCUT2D eigenvalue weighted by Crippen LogP contribution is 2.32. The number of benzene rings is 1. The summed E-state index contributed by atoms with van der Waals surface area (Å²) >= 11 is 8.03. The van der Waals surface area contributed by atoms with Gasteiger partial charge < -0.3 is 0 Å². The lowest BCUT2D eigenvalue weighted by atomic mass is 10.2. The van der Waals surface area contributed by atoms with Crippen molar-refractivity contribution in [3.63, 3.8) is 0 Å². The van der Waals surface area contributed by atoms with E-state index in [1.54, 1.807) is 23.5 Å². The normalized spacial score (nSPS) is 12.9. The van der Waals surface area contributed by atoms with Gasteiger partial charge in [0, 0.05) is 15.0 Å². The minimum Gasteiger partial charge on any atom is -0.171 e. The van der Waals surface area contributed by atoms with Gasteiger partial charge in [0.2, 0.25) is 0 Å². The molecule has 1 aromatic rings. The van der Waals surface area contributed by atoms with Crippen LogP contribution in [0.15, 0.2) is 28.0 Å². The second-order valence-electron chi connectivity index (χ2n) is 2.78. The van der Waals surface area contributed by atoms with Crippen LogP contribution in [0.2, 0.25) is 0 Å². The van der Waals surface area contributed by atoms with Crippen LogP contribution in [0.3, 0.4) is 0 Å². The third kappa shape index (κ3) is 2.86. The maximum absolute atomic E-state index is 4.45. The zero-order chi connectivity index (χ0) is 9.84. The molecule has 0 spiro atoms. The summed E-state index contributed by atoms with van der Waals surface area (Å²) in [5.41, 5.74) is 1.33. The van der Waals surface area contributed by atoms with E-state index in [1.165, 1.54) is 15.4 Å². The maximum atomic E-state index is 4.45. The van der Waals surface area contributed by atoms with Crippen LogP contribution in [0.4, 0.5) is 0 Å². The van der Waals surface area contributed by atoms with Crippen LogP contribution in [0.25, 0.3) is 0 Å². The van der Waals surface area contributed by atoms with E-state index in [1.807, 2.05) is 0 Å². The second-order valence-corrected chi connectivity index (χ2v) is 5.29. The summed E-state index contributed by atoms with van der Waals surface area (Å²) in [6, 6.07) is 6.57. The lowest BCUT2D eigenvalue weighted by Crippen LogP contribution is -1.88. The van der Waals surface area contributed by atoms with Crippen LogP contribution in [0.5, 0.6) is 0 Å². The van der Waals surface area contributed by atoms with E-state index in [2.05, 4.69) is 50.3 Å². The first kappa shape index (κ1) is 11.3. The summed E-state index contributed by atoms with van der Waals surface area (Å²) in [5.74, 6) is 0. The average molecular weight is 230 g/mol. The molecule has 0 saturated carbocycles. The first-order valence-corrected chi connectivity index (χ1v) is 7.05. The molecule has 0 aliphatic carbocycles. The van der Waals surface area contributed by atoms with Gasteiger partial charge in [-0.2, -0.15) is 12.6 Å². The Labute approximate surface area is 94.3 Å². The molecule has 0 N–H and O–H groups in total. The van der Waals surface area contributed by atoms with Crippen molar-refractivity contribution in [1.82, 2.24) is 0 Å². The molecule has 13 heavy (non-hydrogen) atoms. The number of hydrogen-bond acceptors (Lipinski definition) is 3. The molecule has 0 fully saturated rings. The van der Waals surface area contributed by atoms with Crippen LogP contribution in [0.1, 0.15) is 17.7 Å². The van der Waals surface area contributed by atoms with Crippen LogP contribution in [0, 0.1) is 0 Å². The van der Waals surface area contributed by atoms with E-state index in [0.29, 0.717) is 5.25 Å². The molecule has 0 saturated heterocycles. The molecule has 1 rings (SSSR count). The third-order valence-corrected chi connectivity index (χ3v) is 3.69. The number of thiol groups is 1. The first-order valence-electron chi connectivity index (χ1n) is 4.09. The fourth-order valence-corrected chi connectivity index (χ4v) is 2.72. The van der Waals surface area contributed by atoms with Crippen LogP contribution < -0.4 is 0 Å². The van der Waals surface area contributed by atoms with Crippen molar-refractivity contribution in [1.29, 1.82) is 0 Å². The molecule has 1 unspecified atom stereocenters. The van der Waals surface area contributed by atoms with Crippen molar-refractivity contribution in [3.05, 3.63) is 23.8 Å². The van der Waals surface area contributed by atoms with Gasteiger partial charge in [-0.3, -0.25) is 0 Å². The van der Waals surface area contributed by atoms with Crippen LogP contribution in [-0.2, 0) is 0 Å². The number of thioether (sulfide) groups is 2. The van der Waals surface area contributed by atoms with Crippen molar-refractivity contribution in [2.75, 3.05) is 12.5 Å². The summed E-state index contributed by atoms with van der Waals surface area (Å²) in [7, 11) is 0. The molecular weight excluding hydrogens is 216 g/mol. The van der Waals surface area contributed by atoms with E-state index >= 15 is 0 Å². The fraction of sp³-hybridized carbons (Fsp3) is 0.400. The minimum atomic E-state index is 0.318. The monoisotopic (exact) mass is 230 g/mol. The van der Waals surface area contributed by atoms with Crippen LogP contribution in [-0.4, -0.2) is 12.5 Å². The SMILES string of the molecule is CSc1ccc(C(C)S)c(SC)c1. The molecule has 0 bridgehead atoms. The van der Waals surface area contributed by atoms with Gasteiger partial charge in [0.25, 0.3) is 0 Å². The molecule has 0 aliphatic heterocycles. The highest BCUT2D eigenvalue weighted by molar-refractivity contribution is 7.99. The van der Waals surface area contributed by atoms with E-state index in [-0.39, 0.29) is 0 Å². The van der Waals surface area contributed by atoms with Crippen LogP contribution >= 0.6 is 36.2 Å². The molecule has 3 heteroatoms. The molecule has 0 amide bonds. The highest BCUT2D eigenvalue weighted by Gasteiger charge is 2.06. The molecule has 1 atom stereocenters. The minimum absolute atomic E-state index is 0.318. The van der Waals surface area contributed by atoms with Crippen molar-refractivity contribution in [2.24, 2.45) is 0 Å². The van der Waals surface area contributed by atoms with Gasteiger partial charge in [-0.05, 0) is 37.1 Å². The Hall–Kier alpha value is 0.270. The molecule has 0 aromatic heterocycles. The predicted molar refractivity (Wildman–Crippen MR) is 67.4 cm³/mol. The zero-order valence-electron chi connectivity index (χ0n) is 8.07. The summed E-state index contributed by atoms with van der Waals surface area (Å²) in [5, 5.41) is 0.318. The second kappa shape index (κ2) is 5.23. The molecule has 0 nitrogen and oxygen atoms in total. The van der Waals surface area contributed by atoms with E-state index in [0.717, 1.165) is 0 Å². The molecule has 0 heterocycles. The molecule has 0 radical (unpaired) electrons. The Kier molecular flexibility index (Phi) is 4.56. The summed E-state index contributed by atoms with van der Waals surface area (Å²) in [6.45, 7) is 2.11. The topological polar surface area (TPSA) is 0 Å². The van der Waals surface area contributed by atoms with Crippen molar-refractivity contribution >= 4 is 36.2 Å². The van der Waals surface area contributed by atoms with Crippen molar-refractivity contribution in [2.45, 2.75) is 22.0 Å². The van der Waals surface area contributed by atoms with Gasteiger partial charge in [-0.1, -0.05) is 6.07 Å². The number of rotatable bonds is 3. The molecular formula is C10H14S3. The lowest BCUT2D eigenvalue weighted by molar-refractivity contribution is 1.05. The molecule has 72 valence electrons. The molecule has 0 aliphatic rings. The smallest absolute Gasteiger partial charge is 0.0249 e. The summed E-state index contributed by atoms with van der Waals surface area (Å²) < 4.78 is 0. The predicted octanol–water partition coefficient (Wildman–Crippen LogP) is 4.12. The standard InChI is InChI=1S/C10H14S3/c1-7(11)9-5-4-8(12-2)6-10(9)13-3/h4-7,11H,1-3H3. The van der Waals surface area contributed by atoms with Gasteiger partial charge in [0.15, 0.2) is 0 Å². The van der Waals surface area contributed by atoms with E-state index < -0.39 is 0 Å². The van der Waals surface area contributed by atoms with Gasteiger partial charge in [-0.25, -0.2) is 0 Å². The van der Waals surface area contributed by atoms with Gasteiger partial charge in [0.1, 0.15) is 0 Å². The average Bonchev–Trinajstić information content (AvgIpc) is 2.16. The largest absolute Gasteiger partial charge is 0.171 e. The third-order valence-electron chi connectivity index (χ3n) is 1.89. The summed E-state index contributed by atoms with van der Waals surface area (Å²) in [6.07, 6.45) is 4.21. The Bertz CT molecular complexity index is 281. The van der Waals surface area contributed by atoms with Gasteiger partial charge in [0.05, 0.1) is 0 Å².